The van der Waals surface area contributed by atoms with Crippen molar-refractivity contribution < 1.29 is 9.21 Å². The number of rotatable bonds is 3. The van der Waals surface area contributed by atoms with Gasteiger partial charge in [0.25, 0.3) is 0 Å². The molecule has 0 amide bonds. The Morgan fingerprint density at radius 2 is 2.19 bits per heavy atom. The van der Waals surface area contributed by atoms with Crippen LogP contribution >= 0.6 is 0 Å². The van der Waals surface area contributed by atoms with Crippen LogP contribution in [0.5, 0.6) is 0 Å². The predicted molar refractivity (Wildman–Crippen MR) is 60.5 cm³/mol. The van der Waals surface area contributed by atoms with Crippen LogP contribution in [0, 0.1) is 13.8 Å². The molecular weight excluding hydrogens is 202 g/mol. The Labute approximate surface area is 94.1 Å². The van der Waals surface area contributed by atoms with Crippen molar-refractivity contribution in [1.29, 1.82) is 0 Å². The summed E-state index contributed by atoms with van der Waals surface area (Å²) in [7, 11) is 0. The molecule has 2 aromatic heterocycles. The monoisotopic (exact) mass is 215 g/mol. The Kier molecular flexibility index (Phi) is 2.86. The summed E-state index contributed by atoms with van der Waals surface area (Å²) in [6.45, 7) is 3.79. The quantitative estimate of drug-likeness (QED) is 0.739. The number of furan rings is 1. The molecule has 0 aliphatic rings. The molecule has 2 rings (SSSR count). The lowest BCUT2D eigenvalue weighted by atomic mass is 10.1. The van der Waals surface area contributed by atoms with Crippen molar-refractivity contribution in [1.82, 2.24) is 4.98 Å². The normalized spacial score (nSPS) is 10.4. The molecule has 0 bridgehead atoms. The van der Waals surface area contributed by atoms with Gasteiger partial charge in [-0.15, -0.1) is 0 Å². The van der Waals surface area contributed by atoms with Crippen LogP contribution in [0.1, 0.15) is 27.4 Å². The van der Waals surface area contributed by atoms with Crippen LogP contribution in [0.4, 0.5) is 0 Å². The van der Waals surface area contributed by atoms with E-state index in [0.29, 0.717) is 12.0 Å². The van der Waals surface area contributed by atoms with Gasteiger partial charge in [-0.2, -0.15) is 0 Å². The van der Waals surface area contributed by atoms with E-state index in [1.54, 1.807) is 12.3 Å². The van der Waals surface area contributed by atoms with E-state index in [1.807, 2.05) is 26.0 Å². The van der Waals surface area contributed by atoms with Crippen molar-refractivity contribution in [2.75, 3.05) is 0 Å². The first-order chi connectivity index (χ1) is 7.65. The number of Topliss-reactive ketones (excluding diaryl/α,β-unsaturated/α-hetero) is 1. The Morgan fingerprint density at radius 1 is 1.38 bits per heavy atom. The molecule has 0 saturated carbocycles. The van der Waals surface area contributed by atoms with E-state index in [9.17, 15) is 4.79 Å². The van der Waals surface area contributed by atoms with Gasteiger partial charge in [0.05, 0.1) is 12.0 Å². The van der Waals surface area contributed by atoms with Gasteiger partial charge in [-0.05, 0) is 31.5 Å². The Hall–Kier alpha value is -1.90. The summed E-state index contributed by atoms with van der Waals surface area (Å²) in [5, 5.41) is 0. The summed E-state index contributed by atoms with van der Waals surface area (Å²) in [4.78, 5) is 16.0. The van der Waals surface area contributed by atoms with Crippen molar-refractivity contribution in [3.63, 3.8) is 0 Å². The van der Waals surface area contributed by atoms with Gasteiger partial charge in [0.2, 0.25) is 0 Å². The zero-order valence-electron chi connectivity index (χ0n) is 9.36. The van der Waals surface area contributed by atoms with E-state index < -0.39 is 0 Å². The lowest BCUT2D eigenvalue weighted by Gasteiger charge is -1.98. The fraction of sp³-hybridized carbons (Fsp3) is 0.231. The largest absolute Gasteiger partial charge is 0.469 e. The van der Waals surface area contributed by atoms with Gasteiger partial charge in [0, 0.05) is 11.9 Å². The van der Waals surface area contributed by atoms with Crippen LogP contribution in [0.3, 0.4) is 0 Å². The molecule has 0 saturated heterocycles. The van der Waals surface area contributed by atoms with Crippen molar-refractivity contribution in [2.45, 2.75) is 20.3 Å². The highest BCUT2D eigenvalue weighted by Crippen LogP contribution is 2.10. The molecule has 0 unspecified atom stereocenters. The average molecular weight is 215 g/mol. The summed E-state index contributed by atoms with van der Waals surface area (Å²) < 4.78 is 5.10. The highest BCUT2D eigenvalue weighted by Gasteiger charge is 2.10. The molecular formula is C13H13NO2. The second-order valence-electron chi connectivity index (χ2n) is 3.87. The maximum absolute atomic E-state index is 11.8. The minimum absolute atomic E-state index is 0.0354. The van der Waals surface area contributed by atoms with E-state index in [1.165, 1.54) is 6.26 Å². The molecule has 2 aromatic rings. The van der Waals surface area contributed by atoms with Gasteiger partial charge in [-0.3, -0.25) is 9.78 Å². The SMILES string of the molecule is Cc1ccc(CC(=O)c2coc(C)c2)nc1. The van der Waals surface area contributed by atoms with Crippen molar-refractivity contribution in [2.24, 2.45) is 0 Å². The van der Waals surface area contributed by atoms with Crippen LogP contribution in [-0.2, 0) is 6.42 Å². The molecule has 0 fully saturated rings. The first kappa shape index (κ1) is 10.6. The maximum atomic E-state index is 11.8. The Morgan fingerprint density at radius 3 is 2.75 bits per heavy atom. The summed E-state index contributed by atoms with van der Waals surface area (Å²) in [5.41, 5.74) is 2.49. The van der Waals surface area contributed by atoms with Crippen molar-refractivity contribution >= 4 is 5.78 Å². The van der Waals surface area contributed by atoms with Crippen molar-refractivity contribution in [3.8, 4) is 0 Å². The fourth-order valence-corrected chi connectivity index (χ4v) is 1.46. The predicted octanol–water partition coefficient (Wildman–Crippen LogP) is 2.72. The molecule has 0 aromatic carbocycles. The number of hydrogen-bond acceptors (Lipinski definition) is 3. The van der Waals surface area contributed by atoms with Gasteiger partial charge in [0.15, 0.2) is 5.78 Å². The minimum atomic E-state index is 0.0354. The van der Waals surface area contributed by atoms with Crippen LogP contribution in [0.2, 0.25) is 0 Å². The van der Waals surface area contributed by atoms with Gasteiger partial charge >= 0.3 is 0 Å². The summed E-state index contributed by atoms with van der Waals surface area (Å²) >= 11 is 0. The molecule has 3 nitrogen and oxygen atoms in total. The van der Waals surface area contributed by atoms with E-state index in [2.05, 4.69) is 4.98 Å². The van der Waals surface area contributed by atoms with Gasteiger partial charge in [-0.1, -0.05) is 6.07 Å². The van der Waals surface area contributed by atoms with Crippen LogP contribution in [-0.4, -0.2) is 10.8 Å². The Balaban J connectivity index is 2.10. The molecule has 0 radical (unpaired) electrons. The van der Waals surface area contributed by atoms with E-state index in [0.717, 1.165) is 17.0 Å². The molecule has 0 spiro atoms. The summed E-state index contributed by atoms with van der Waals surface area (Å²) in [6, 6.07) is 5.58. The number of aromatic nitrogens is 1. The second kappa shape index (κ2) is 4.31. The molecule has 0 aliphatic carbocycles. The van der Waals surface area contributed by atoms with Crippen LogP contribution in [0.15, 0.2) is 35.1 Å². The van der Waals surface area contributed by atoms with E-state index in [4.69, 9.17) is 4.42 Å². The number of carbonyl (C=O) groups is 1. The van der Waals surface area contributed by atoms with E-state index >= 15 is 0 Å². The first-order valence-corrected chi connectivity index (χ1v) is 5.15. The third-order valence-corrected chi connectivity index (χ3v) is 2.37. The lowest BCUT2D eigenvalue weighted by Crippen LogP contribution is -2.03. The van der Waals surface area contributed by atoms with Crippen LogP contribution in [0.25, 0.3) is 0 Å². The number of hydrogen-bond donors (Lipinski definition) is 0. The highest BCUT2D eigenvalue weighted by atomic mass is 16.3. The molecule has 0 N–H and O–H groups in total. The maximum Gasteiger partial charge on any atom is 0.172 e. The minimum Gasteiger partial charge on any atom is -0.469 e. The first-order valence-electron chi connectivity index (χ1n) is 5.15. The van der Waals surface area contributed by atoms with Crippen LogP contribution < -0.4 is 0 Å². The van der Waals surface area contributed by atoms with Gasteiger partial charge in [-0.25, -0.2) is 0 Å². The lowest BCUT2D eigenvalue weighted by molar-refractivity contribution is 0.0991. The standard InChI is InChI=1S/C13H13NO2/c1-9-3-4-12(14-7-9)6-13(15)11-5-10(2)16-8-11/h3-5,7-8H,6H2,1-2H3. The third kappa shape index (κ3) is 2.37. The second-order valence-corrected chi connectivity index (χ2v) is 3.87. The number of ketones is 1. The summed E-state index contributed by atoms with van der Waals surface area (Å²) in [5.74, 6) is 0.786. The van der Waals surface area contributed by atoms with Crippen molar-refractivity contribution in [3.05, 3.63) is 53.2 Å². The Bertz CT molecular complexity index is 497. The molecule has 16 heavy (non-hydrogen) atoms. The molecule has 0 aliphatic heterocycles. The molecule has 2 heterocycles. The number of pyridine rings is 1. The van der Waals surface area contributed by atoms with E-state index in [-0.39, 0.29) is 5.78 Å². The molecule has 3 heteroatoms. The number of carbonyl (C=O) groups excluding carboxylic acids is 1. The van der Waals surface area contributed by atoms with Gasteiger partial charge in [0.1, 0.15) is 12.0 Å². The molecule has 0 atom stereocenters. The zero-order chi connectivity index (χ0) is 11.5. The topological polar surface area (TPSA) is 43.1 Å². The smallest absolute Gasteiger partial charge is 0.172 e. The summed E-state index contributed by atoms with van der Waals surface area (Å²) in [6.07, 6.45) is 3.58. The average Bonchev–Trinajstić information content (AvgIpc) is 2.68. The number of nitrogens with zero attached hydrogens (tertiary/aromatic N) is 1. The van der Waals surface area contributed by atoms with Gasteiger partial charge < -0.3 is 4.42 Å². The third-order valence-electron chi connectivity index (χ3n) is 2.37. The fourth-order valence-electron chi connectivity index (χ4n) is 1.46. The highest BCUT2D eigenvalue weighted by molar-refractivity contribution is 5.97. The molecule has 82 valence electrons. The zero-order valence-corrected chi connectivity index (χ0v) is 9.36. The number of aryl methyl sites for hydroxylation is 2.